The van der Waals surface area contributed by atoms with Crippen LogP contribution in [0.25, 0.3) is 0 Å². The van der Waals surface area contributed by atoms with Crippen molar-refractivity contribution in [1.29, 1.82) is 0 Å². The Balaban J connectivity index is 1.96. The number of hydrogen-bond acceptors (Lipinski definition) is 3. The Morgan fingerprint density at radius 1 is 0.882 bits per heavy atom. The maximum absolute atomic E-state index is 13.7. The molecular weight excluding hydrogens is 424 g/mol. The van der Waals surface area contributed by atoms with E-state index in [1.54, 1.807) is 12.0 Å². The van der Waals surface area contributed by atoms with Crippen LogP contribution >= 0.6 is 0 Å². The van der Waals surface area contributed by atoms with Gasteiger partial charge in [0.05, 0.1) is 13.5 Å². The highest BCUT2D eigenvalue weighted by Gasteiger charge is 2.31. The fourth-order valence-corrected chi connectivity index (χ4v) is 3.93. The maximum atomic E-state index is 13.7. The molecule has 0 bridgehead atoms. The number of hydrogen-bond donors (Lipinski definition) is 1. The smallest absolute Gasteiger partial charge is 0.243 e. The van der Waals surface area contributed by atoms with Crippen LogP contribution in [0.3, 0.4) is 0 Å². The Hall–Kier alpha value is -3.60. The van der Waals surface area contributed by atoms with Gasteiger partial charge in [0.2, 0.25) is 11.8 Å². The second kappa shape index (κ2) is 12.0. The number of nitrogens with one attached hydrogen (secondary N) is 1. The molecule has 0 fully saturated rings. The molecule has 0 saturated heterocycles. The predicted octanol–water partition coefficient (Wildman–Crippen LogP) is 4.71. The van der Waals surface area contributed by atoms with E-state index < -0.39 is 6.04 Å². The number of benzene rings is 3. The molecule has 3 rings (SSSR count). The van der Waals surface area contributed by atoms with Crippen molar-refractivity contribution in [3.8, 4) is 5.75 Å². The summed E-state index contributed by atoms with van der Waals surface area (Å²) in [5.74, 6) is 0.509. The van der Waals surface area contributed by atoms with E-state index in [9.17, 15) is 9.59 Å². The van der Waals surface area contributed by atoms with Crippen LogP contribution in [-0.2, 0) is 29.0 Å². The topological polar surface area (TPSA) is 58.6 Å². The molecule has 0 aliphatic heterocycles. The van der Waals surface area contributed by atoms with Crippen molar-refractivity contribution >= 4 is 11.8 Å². The molecule has 0 aliphatic carbocycles. The third kappa shape index (κ3) is 6.95. The number of aryl methyl sites for hydroxylation is 1. The number of carbonyl (C=O) groups is 2. The normalized spacial score (nSPS) is 11.7. The first-order valence-corrected chi connectivity index (χ1v) is 11.7. The van der Waals surface area contributed by atoms with Gasteiger partial charge in [0, 0.05) is 19.0 Å². The third-order valence-electron chi connectivity index (χ3n) is 5.82. The largest absolute Gasteiger partial charge is 0.497 e. The van der Waals surface area contributed by atoms with E-state index in [-0.39, 0.29) is 24.3 Å². The summed E-state index contributed by atoms with van der Waals surface area (Å²) in [5, 5.41) is 3.03. The van der Waals surface area contributed by atoms with Crippen molar-refractivity contribution in [1.82, 2.24) is 10.2 Å². The van der Waals surface area contributed by atoms with E-state index in [2.05, 4.69) is 5.32 Å². The summed E-state index contributed by atoms with van der Waals surface area (Å²) in [5.41, 5.74) is 4.01. The Morgan fingerprint density at radius 2 is 1.53 bits per heavy atom. The van der Waals surface area contributed by atoms with Crippen LogP contribution in [0.1, 0.15) is 36.1 Å². The van der Waals surface area contributed by atoms with E-state index >= 15 is 0 Å². The fraction of sp³-hybridized carbons (Fsp3) is 0.310. The second-order valence-electron chi connectivity index (χ2n) is 8.84. The molecule has 5 heteroatoms. The summed E-state index contributed by atoms with van der Waals surface area (Å²) in [6.45, 7) is 6.26. The van der Waals surface area contributed by atoms with E-state index in [1.807, 2.05) is 99.6 Å². The molecule has 0 aromatic heterocycles. The lowest BCUT2D eigenvalue weighted by molar-refractivity contribution is -0.141. The zero-order valence-electron chi connectivity index (χ0n) is 20.5. The van der Waals surface area contributed by atoms with Gasteiger partial charge < -0.3 is 15.0 Å². The van der Waals surface area contributed by atoms with Crippen LogP contribution in [0.5, 0.6) is 5.75 Å². The first-order valence-electron chi connectivity index (χ1n) is 11.7. The predicted molar refractivity (Wildman–Crippen MR) is 136 cm³/mol. The first-order chi connectivity index (χ1) is 16.4. The number of rotatable bonds is 10. The molecule has 1 N–H and O–H groups in total. The molecular formula is C29H34N2O3. The fourth-order valence-electron chi connectivity index (χ4n) is 3.93. The summed E-state index contributed by atoms with van der Waals surface area (Å²) >= 11 is 0. The highest BCUT2D eigenvalue weighted by Crippen LogP contribution is 2.19. The minimum Gasteiger partial charge on any atom is -0.497 e. The quantitative estimate of drug-likeness (QED) is 0.479. The van der Waals surface area contributed by atoms with Crippen molar-refractivity contribution in [2.24, 2.45) is 0 Å². The molecule has 5 nitrogen and oxygen atoms in total. The summed E-state index contributed by atoms with van der Waals surface area (Å²) in [4.78, 5) is 28.8. The average Bonchev–Trinajstić information content (AvgIpc) is 2.83. The molecule has 0 saturated carbocycles. The summed E-state index contributed by atoms with van der Waals surface area (Å²) in [7, 11) is 1.62. The van der Waals surface area contributed by atoms with Gasteiger partial charge in [-0.05, 0) is 55.2 Å². The molecule has 3 aromatic carbocycles. The van der Waals surface area contributed by atoms with Gasteiger partial charge in [0.25, 0.3) is 0 Å². The number of nitrogens with zero attached hydrogens (tertiary/aromatic N) is 1. The van der Waals surface area contributed by atoms with Crippen LogP contribution in [0.2, 0.25) is 0 Å². The molecule has 3 aromatic rings. The van der Waals surface area contributed by atoms with Gasteiger partial charge in [-0.1, -0.05) is 66.7 Å². The summed E-state index contributed by atoms with van der Waals surface area (Å²) < 4.78 is 5.24. The second-order valence-corrected chi connectivity index (χ2v) is 8.84. The van der Waals surface area contributed by atoms with Crippen molar-refractivity contribution in [2.75, 3.05) is 7.11 Å². The highest BCUT2D eigenvalue weighted by molar-refractivity contribution is 5.89. The van der Waals surface area contributed by atoms with Crippen LogP contribution in [0.4, 0.5) is 0 Å². The lowest BCUT2D eigenvalue weighted by atomic mass is 10.00. The monoisotopic (exact) mass is 458 g/mol. The molecule has 0 aliphatic rings. The van der Waals surface area contributed by atoms with E-state index in [4.69, 9.17) is 4.74 Å². The number of ether oxygens (including phenoxy) is 1. The van der Waals surface area contributed by atoms with E-state index in [0.717, 1.165) is 28.0 Å². The Labute approximate surface area is 202 Å². The summed E-state index contributed by atoms with van der Waals surface area (Å²) in [6, 6.07) is 24.7. The number of amides is 2. The maximum Gasteiger partial charge on any atom is 0.243 e. The molecule has 2 amide bonds. The number of methoxy groups -OCH3 is 1. The van der Waals surface area contributed by atoms with E-state index in [1.165, 1.54) is 0 Å². The van der Waals surface area contributed by atoms with Crippen molar-refractivity contribution in [2.45, 2.75) is 52.2 Å². The zero-order chi connectivity index (χ0) is 24.5. The molecule has 0 radical (unpaired) electrons. The van der Waals surface area contributed by atoms with Crippen molar-refractivity contribution in [3.63, 3.8) is 0 Å². The van der Waals surface area contributed by atoms with Crippen LogP contribution in [-0.4, -0.2) is 35.9 Å². The SMILES string of the molecule is COc1ccc(CC(=O)N(Cc2ccccc2C)[C@@H](Cc2ccccc2)C(=O)NC(C)C)cc1. The summed E-state index contributed by atoms with van der Waals surface area (Å²) in [6.07, 6.45) is 0.649. The molecule has 0 spiro atoms. The standard InChI is InChI=1S/C29H34N2O3/c1-21(2)30-29(33)27(18-23-11-6-5-7-12-23)31(20-25-13-9-8-10-22(25)3)28(32)19-24-14-16-26(34-4)17-15-24/h5-17,21,27H,18-20H2,1-4H3,(H,30,33)/t27-/m0/s1. The van der Waals surface area contributed by atoms with Crippen LogP contribution in [0, 0.1) is 6.92 Å². The average molecular weight is 459 g/mol. The van der Waals surface area contributed by atoms with Gasteiger partial charge in [0.1, 0.15) is 11.8 Å². The Kier molecular flexibility index (Phi) is 8.86. The van der Waals surface area contributed by atoms with Gasteiger partial charge in [-0.2, -0.15) is 0 Å². The lowest BCUT2D eigenvalue weighted by Crippen LogP contribution is -2.52. The van der Waals surface area contributed by atoms with Gasteiger partial charge >= 0.3 is 0 Å². The van der Waals surface area contributed by atoms with Crippen LogP contribution in [0.15, 0.2) is 78.9 Å². The minimum absolute atomic E-state index is 0.0252. The van der Waals surface area contributed by atoms with Crippen molar-refractivity contribution < 1.29 is 14.3 Å². The Bertz CT molecular complexity index is 1080. The van der Waals surface area contributed by atoms with Crippen LogP contribution < -0.4 is 10.1 Å². The van der Waals surface area contributed by atoms with Gasteiger partial charge in [-0.15, -0.1) is 0 Å². The molecule has 178 valence electrons. The minimum atomic E-state index is -0.629. The van der Waals surface area contributed by atoms with Crippen molar-refractivity contribution in [3.05, 3.63) is 101 Å². The highest BCUT2D eigenvalue weighted by atomic mass is 16.5. The Morgan fingerprint density at radius 3 is 2.15 bits per heavy atom. The molecule has 1 atom stereocenters. The molecule has 34 heavy (non-hydrogen) atoms. The third-order valence-corrected chi connectivity index (χ3v) is 5.82. The zero-order valence-corrected chi connectivity index (χ0v) is 20.5. The van der Waals surface area contributed by atoms with E-state index in [0.29, 0.717) is 13.0 Å². The number of carbonyl (C=O) groups excluding carboxylic acids is 2. The first kappa shape index (κ1) is 25.0. The lowest BCUT2D eigenvalue weighted by Gasteiger charge is -2.32. The molecule has 0 heterocycles. The van der Waals surface area contributed by atoms with Gasteiger partial charge in [-0.3, -0.25) is 9.59 Å². The van der Waals surface area contributed by atoms with Gasteiger partial charge in [0.15, 0.2) is 0 Å². The van der Waals surface area contributed by atoms with Gasteiger partial charge in [-0.25, -0.2) is 0 Å². The molecule has 0 unspecified atom stereocenters.